The van der Waals surface area contributed by atoms with Gasteiger partial charge in [-0.15, -0.1) is 0 Å². The number of phenols is 1. The quantitative estimate of drug-likeness (QED) is 0.338. The topological polar surface area (TPSA) is 145 Å². The maximum atomic E-state index is 12.0. The Morgan fingerprint density at radius 2 is 1.88 bits per heavy atom. The standard InChI is InChI=1S/C16H23N4O4S/c1-9(14(22)7-19-13(8-25)15(18)23)20-16(24)12(17)6-10-2-4-11(21)5-3-10/h2-5,9,12-13,17,19,21,25H,6-8H2,1H3,(H2,18,23)(H,20,24)/t9-,12+,13+/m1/s1. The van der Waals surface area contributed by atoms with Crippen molar-refractivity contribution >= 4 is 30.2 Å². The molecule has 0 aliphatic carbocycles. The normalized spacial score (nSPS) is 14.4. The molecule has 1 rings (SSSR count). The number of ketones is 1. The Bertz CT molecular complexity index is 609. The Morgan fingerprint density at radius 3 is 2.40 bits per heavy atom. The number of benzene rings is 1. The number of hydrogen-bond donors (Lipinski definition) is 5. The molecule has 2 amide bonds. The number of rotatable bonds is 10. The molecule has 1 aromatic carbocycles. The van der Waals surface area contributed by atoms with Gasteiger partial charge in [0, 0.05) is 5.75 Å². The zero-order valence-corrected chi connectivity index (χ0v) is 14.8. The summed E-state index contributed by atoms with van der Waals surface area (Å²) >= 11 is 3.96. The van der Waals surface area contributed by atoms with Gasteiger partial charge in [-0.2, -0.15) is 12.6 Å². The van der Waals surface area contributed by atoms with Crippen molar-refractivity contribution in [3.63, 3.8) is 0 Å². The van der Waals surface area contributed by atoms with Gasteiger partial charge in [0.05, 0.1) is 18.6 Å². The van der Waals surface area contributed by atoms with Gasteiger partial charge in [-0.25, -0.2) is 5.73 Å². The lowest BCUT2D eigenvalue weighted by Crippen LogP contribution is -2.50. The summed E-state index contributed by atoms with van der Waals surface area (Å²) < 4.78 is 0. The van der Waals surface area contributed by atoms with Gasteiger partial charge in [0.1, 0.15) is 11.8 Å². The van der Waals surface area contributed by atoms with E-state index in [-0.39, 0.29) is 30.3 Å². The lowest BCUT2D eigenvalue weighted by atomic mass is 10.1. The highest BCUT2D eigenvalue weighted by atomic mass is 32.1. The summed E-state index contributed by atoms with van der Waals surface area (Å²) in [6.45, 7) is 1.37. The average molecular weight is 367 g/mol. The molecule has 1 aromatic rings. The van der Waals surface area contributed by atoms with Crippen molar-refractivity contribution in [2.24, 2.45) is 5.73 Å². The van der Waals surface area contributed by atoms with Gasteiger partial charge in [-0.3, -0.25) is 19.7 Å². The number of primary amides is 1. The fourth-order valence-corrected chi connectivity index (χ4v) is 2.30. The smallest absolute Gasteiger partial charge is 0.239 e. The van der Waals surface area contributed by atoms with Crippen LogP contribution in [-0.2, 0) is 20.8 Å². The van der Waals surface area contributed by atoms with Gasteiger partial charge in [0.25, 0.3) is 0 Å². The molecule has 0 fully saturated rings. The zero-order valence-electron chi connectivity index (χ0n) is 13.9. The number of aromatic hydroxyl groups is 1. The summed E-state index contributed by atoms with van der Waals surface area (Å²) in [4.78, 5) is 35.1. The molecule has 1 radical (unpaired) electrons. The van der Waals surface area contributed by atoms with Crippen molar-refractivity contribution in [1.29, 1.82) is 0 Å². The molecule has 0 unspecified atom stereocenters. The van der Waals surface area contributed by atoms with Crippen molar-refractivity contribution in [3.05, 3.63) is 29.8 Å². The van der Waals surface area contributed by atoms with Crippen molar-refractivity contribution in [2.75, 3.05) is 12.3 Å². The van der Waals surface area contributed by atoms with Crippen LogP contribution in [0.5, 0.6) is 5.75 Å². The summed E-state index contributed by atoms with van der Waals surface area (Å²) in [5.41, 5.74) is 13.8. The van der Waals surface area contributed by atoms with Crippen LogP contribution in [0.2, 0.25) is 0 Å². The van der Waals surface area contributed by atoms with E-state index in [1.165, 1.54) is 19.1 Å². The maximum Gasteiger partial charge on any atom is 0.239 e. The van der Waals surface area contributed by atoms with Crippen LogP contribution in [0, 0.1) is 0 Å². The molecule has 6 N–H and O–H groups in total. The molecule has 0 heterocycles. The van der Waals surface area contributed by atoms with Gasteiger partial charge in [0.15, 0.2) is 5.78 Å². The third-order valence-corrected chi connectivity index (χ3v) is 3.95. The number of carbonyl (C=O) groups is 3. The van der Waals surface area contributed by atoms with Crippen molar-refractivity contribution in [3.8, 4) is 5.75 Å². The second-order valence-electron chi connectivity index (χ2n) is 5.64. The number of thiol groups is 1. The first-order chi connectivity index (χ1) is 11.7. The lowest BCUT2D eigenvalue weighted by molar-refractivity contribution is -0.128. The van der Waals surface area contributed by atoms with Gasteiger partial charge >= 0.3 is 0 Å². The van der Waals surface area contributed by atoms with Crippen LogP contribution in [0.1, 0.15) is 12.5 Å². The summed E-state index contributed by atoms with van der Waals surface area (Å²) in [5, 5.41) is 14.4. The fourth-order valence-electron chi connectivity index (χ4n) is 1.99. The van der Waals surface area contributed by atoms with E-state index in [1.807, 2.05) is 0 Å². The van der Waals surface area contributed by atoms with Crippen LogP contribution >= 0.6 is 12.6 Å². The van der Waals surface area contributed by atoms with Gasteiger partial charge in [-0.1, -0.05) is 12.1 Å². The van der Waals surface area contributed by atoms with Gasteiger partial charge < -0.3 is 16.2 Å². The van der Waals surface area contributed by atoms with Crippen molar-refractivity contribution in [1.82, 2.24) is 16.4 Å². The number of nitrogens with two attached hydrogens (primary N) is 1. The Balaban J connectivity index is 2.47. The molecular formula is C16H23N4O4S. The zero-order chi connectivity index (χ0) is 19.0. The highest BCUT2D eigenvalue weighted by Crippen LogP contribution is 2.11. The van der Waals surface area contributed by atoms with E-state index < -0.39 is 29.9 Å². The molecular weight excluding hydrogens is 344 g/mol. The van der Waals surface area contributed by atoms with Crippen LogP contribution in [-0.4, -0.2) is 53.1 Å². The van der Waals surface area contributed by atoms with Crippen molar-refractivity contribution < 1.29 is 19.5 Å². The molecule has 0 aliphatic rings. The third-order valence-electron chi connectivity index (χ3n) is 3.58. The summed E-state index contributed by atoms with van der Waals surface area (Å²) in [6.07, 6.45) is 0.161. The summed E-state index contributed by atoms with van der Waals surface area (Å²) in [7, 11) is 0. The predicted octanol–water partition coefficient (Wildman–Crippen LogP) is -0.967. The third kappa shape index (κ3) is 7.12. The molecule has 0 aliphatic heterocycles. The number of carbonyl (C=O) groups excluding carboxylic acids is 3. The van der Waals surface area contributed by atoms with Crippen LogP contribution in [0.15, 0.2) is 24.3 Å². The van der Waals surface area contributed by atoms with Crippen LogP contribution < -0.4 is 22.1 Å². The number of phenolic OH excluding ortho intramolecular Hbond substituents is 1. The molecule has 0 bridgehead atoms. The van der Waals surface area contributed by atoms with E-state index >= 15 is 0 Å². The second-order valence-corrected chi connectivity index (χ2v) is 6.00. The molecule has 3 atom stereocenters. The van der Waals surface area contributed by atoms with Crippen LogP contribution in [0.4, 0.5) is 0 Å². The Morgan fingerprint density at radius 1 is 1.28 bits per heavy atom. The molecule has 8 nitrogen and oxygen atoms in total. The minimum atomic E-state index is -1.08. The first-order valence-corrected chi connectivity index (χ1v) is 8.33. The minimum absolute atomic E-state index is 0.108. The molecule has 0 saturated heterocycles. The SMILES string of the molecule is C[C@@H](NC(=O)[C@@H]([NH])Cc1ccc(O)cc1)C(=O)CN[C@@H](CS)C(N)=O. The minimum Gasteiger partial charge on any atom is -0.508 e. The number of hydrogen-bond acceptors (Lipinski definition) is 6. The predicted molar refractivity (Wildman–Crippen MR) is 96.1 cm³/mol. The van der Waals surface area contributed by atoms with Gasteiger partial charge in [0.2, 0.25) is 11.8 Å². The number of amides is 2. The Hall–Kier alpha value is -2.10. The van der Waals surface area contributed by atoms with E-state index in [4.69, 9.17) is 11.5 Å². The fraction of sp³-hybridized carbons (Fsp3) is 0.438. The first kappa shape index (κ1) is 20.9. The molecule has 9 heteroatoms. The van der Waals surface area contributed by atoms with E-state index in [0.717, 1.165) is 5.56 Å². The largest absolute Gasteiger partial charge is 0.508 e. The van der Waals surface area contributed by atoms with E-state index in [1.54, 1.807) is 12.1 Å². The van der Waals surface area contributed by atoms with Crippen LogP contribution in [0.25, 0.3) is 0 Å². The van der Waals surface area contributed by atoms with Crippen molar-refractivity contribution in [2.45, 2.75) is 31.5 Å². The number of nitrogens with one attached hydrogen (secondary N) is 3. The average Bonchev–Trinajstić information content (AvgIpc) is 2.56. The van der Waals surface area contributed by atoms with E-state index in [9.17, 15) is 19.5 Å². The highest BCUT2D eigenvalue weighted by molar-refractivity contribution is 7.80. The Labute approximate surface area is 151 Å². The monoisotopic (exact) mass is 367 g/mol. The molecule has 137 valence electrons. The molecule has 0 aromatic heterocycles. The van der Waals surface area contributed by atoms with Crippen LogP contribution in [0.3, 0.4) is 0 Å². The summed E-state index contributed by atoms with van der Waals surface area (Å²) in [6, 6.07) is 3.61. The van der Waals surface area contributed by atoms with E-state index in [0.29, 0.717) is 0 Å². The second kappa shape index (κ2) is 10.0. The maximum absolute atomic E-state index is 12.0. The molecule has 25 heavy (non-hydrogen) atoms. The molecule has 0 spiro atoms. The number of Topliss-reactive ketones (excluding diaryl/α,β-unsaturated/α-hetero) is 1. The first-order valence-electron chi connectivity index (χ1n) is 7.70. The molecule has 0 saturated carbocycles. The van der Waals surface area contributed by atoms with E-state index in [2.05, 4.69) is 23.3 Å². The Kier molecular flexibility index (Phi) is 8.39. The summed E-state index contributed by atoms with van der Waals surface area (Å²) in [5.74, 6) is -1.26. The van der Waals surface area contributed by atoms with Gasteiger partial charge in [-0.05, 0) is 31.0 Å². The lowest BCUT2D eigenvalue weighted by Gasteiger charge is -2.18. The highest BCUT2D eigenvalue weighted by Gasteiger charge is 2.22.